The molecule has 0 saturated carbocycles. The minimum Gasteiger partial charge on any atom is 2.00 e. The summed E-state index contributed by atoms with van der Waals surface area (Å²) in [6, 6.07) is 0. The molecule has 0 aliphatic rings. The molecule has 10 heteroatoms. The largest absolute Gasteiger partial charge is 2.00 e. The van der Waals surface area contributed by atoms with Crippen LogP contribution in [-0.4, -0.2) is 29.0 Å². The van der Waals surface area contributed by atoms with Crippen molar-refractivity contribution in [3.8, 4) is 0 Å². The molecule has 0 amide bonds. The first-order valence-corrected chi connectivity index (χ1v) is 1.10. The summed E-state index contributed by atoms with van der Waals surface area (Å²) in [6.45, 7) is 0. The molecule has 0 saturated heterocycles. The fraction of sp³-hybridized carbons (Fsp3) is 0. The van der Waals surface area contributed by atoms with Gasteiger partial charge in [0.25, 0.3) is 0 Å². The summed E-state index contributed by atoms with van der Waals surface area (Å²) in [6.07, 6.45) is 0. The van der Waals surface area contributed by atoms with Crippen LogP contribution in [0.3, 0.4) is 0 Å². The maximum atomic E-state index is 8.25. The van der Waals surface area contributed by atoms with Crippen molar-refractivity contribution in [1.82, 2.24) is 0 Å². The Hall–Kier alpha value is -0.483. The molecule has 0 spiro atoms. The first-order chi connectivity index (χ1) is 3.46. The molecule has 0 rings (SSSR count). The normalized spacial score (nSPS) is 4.80. The number of hydrogen-bond acceptors (Lipinski definition) is 6. The van der Waals surface area contributed by atoms with Crippen molar-refractivity contribution in [2.75, 3.05) is 0 Å². The van der Waals surface area contributed by atoms with Crippen LogP contribution in [0.5, 0.6) is 0 Å². The van der Waals surface area contributed by atoms with Crippen LogP contribution in [0.25, 0.3) is 0 Å². The molecule has 0 aromatic carbocycles. The second kappa shape index (κ2) is 15.8. The van der Waals surface area contributed by atoms with Gasteiger partial charge in [0.1, 0.15) is 0 Å². The van der Waals surface area contributed by atoms with Gasteiger partial charge in [-0.05, 0) is 0 Å². The average molecular weight is 187 g/mol. The first kappa shape index (κ1) is 22.7. The SMILES string of the molecule is O=[N+]([O-])[O-].O=[N+]([O-])[O-].[LiH].[Mn+2]. The summed E-state index contributed by atoms with van der Waals surface area (Å²) in [5, 5.41) is 29.5. The second-order valence-electron chi connectivity index (χ2n) is 0.447. The molecule has 0 aliphatic carbocycles. The molecule has 0 bridgehead atoms. The van der Waals surface area contributed by atoms with Crippen LogP contribution in [0.15, 0.2) is 0 Å². The van der Waals surface area contributed by atoms with Gasteiger partial charge in [0.2, 0.25) is 0 Å². The molecule has 55 valence electrons. The van der Waals surface area contributed by atoms with Crippen LogP contribution in [0.4, 0.5) is 0 Å². The Morgan fingerprint density at radius 2 is 0.800 bits per heavy atom. The standard InChI is InChI=1S/Li.Mn.2NO3.H/c;;2*2-1(3)4;/q;+2;2*-1;. The molecule has 0 aliphatic heterocycles. The van der Waals surface area contributed by atoms with Gasteiger partial charge in [-0.2, -0.15) is 0 Å². The third kappa shape index (κ3) is 1370. The molecule has 10 heavy (non-hydrogen) atoms. The molecule has 0 unspecified atom stereocenters. The van der Waals surface area contributed by atoms with E-state index in [0.717, 1.165) is 0 Å². The Balaban J connectivity index is -0.0000000300. The predicted molar refractivity (Wildman–Crippen MR) is 27.9 cm³/mol. The third-order valence-corrected chi connectivity index (χ3v) is 0. The first-order valence-electron chi connectivity index (χ1n) is 1.10. The van der Waals surface area contributed by atoms with E-state index in [1.807, 2.05) is 0 Å². The van der Waals surface area contributed by atoms with Crippen LogP contribution in [-0.2, 0) is 17.1 Å². The summed E-state index contributed by atoms with van der Waals surface area (Å²) in [7, 11) is 0. The zero-order valence-electron chi connectivity index (χ0n) is 3.72. The van der Waals surface area contributed by atoms with Gasteiger partial charge in [0.15, 0.2) is 0 Å². The van der Waals surface area contributed by atoms with Crippen LogP contribution in [0.2, 0.25) is 0 Å². The van der Waals surface area contributed by atoms with Crippen molar-refractivity contribution in [2.45, 2.75) is 0 Å². The average Bonchev–Trinajstić information content (AvgIpc) is 1.25. The predicted octanol–water partition coefficient (Wildman–Crippen LogP) is -1.13. The van der Waals surface area contributed by atoms with E-state index < -0.39 is 10.2 Å². The van der Waals surface area contributed by atoms with Crippen molar-refractivity contribution in [3.05, 3.63) is 30.6 Å². The Labute approximate surface area is 77.1 Å². The molecule has 0 aromatic heterocycles. The molecule has 0 aromatic rings. The van der Waals surface area contributed by atoms with Crippen molar-refractivity contribution < 1.29 is 27.2 Å². The maximum Gasteiger partial charge on any atom is 2.00 e. The minimum absolute atomic E-state index is 0. The van der Waals surface area contributed by atoms with Crippen LogP contribution < -0.4 is 0 Å². The summed E-state index contributed by atoms with van der Waals surface area (Å²) >= 11 is 0. The zero-order chi connectivity index (χ0) is 7.15. The molecule has 0 N–H and O–H groups in total. The Bertz CT molecular complexity index is 73.7. The van der Waals surface area contributed by atoms with E-state index in [-0.39, 0.29) is 35.9 Å². The van der Waals surface area contributed by atoms with Gasteiger partial charge in [0.05, 0.1) is 10.2 Å². The summed E-state index contributed by atoms with van der Waals surface area (Å²) in [5.41, 5.74) is 0. The summed E-state index contributed by atoms with van der Waals surface area (Å²) < 4.78 is 0. The fourth-order valence-corrected chi connectivity index (χ4v) is 0. The van der Waals surface area contributed by atoms with E-state index in [0.29, 0.717) is 0 Å². The van der Waals surface area contributed by atoms with Gasteiger partial charge in [-0.3, -0.25) is 0 Å². The van der Waals surface area contributed by atoms with Crippen molar-refractivity contribution in [3.63, 3.8) is 0 Å². The van der Waals surface area contributed by atoms with Gasteiger partial charge >= 0.3 is 35.9 Å². The van der Waals surface area contributed by atoms with Gasteiger partial charge in [-0.15, -0.1) is 0 Å². The summed E-state index contributed by atoms with van der Waals surface area (Å²) in [5.74, 6) is 0. The topological polar surface area (TPSA) is 132 Å². The van der Waals surface area contributed by atoms with E-state index in [1.165, 1.54) is 0 Å². The molecule has 0 atom stereocenters. The third-order valence-electron chi connectivity index (χ3n) is 0. The van der Waals surface area contributed by atoms with Gasteiger partial charge in [0, 0.05) is 0 Å². The van der Waals surface area contributed by atoms with E-state index in [2.05, 4.69) is 0 Å². The van der Waals surface area contributed by atoms with Crippen molar-refractivity contribution >= 4 is 18.9 Å². The van der Waals surface area contributed by atoms with Crippen LogP contribution in [0, 0.1) is 30.6 Å². The summed E-state index contributed by atoms with van der Waals surface area (Å²) in [4.78, 5) is 16.5. The van der Waals surface area contributed by atoms with Gasteiger partial charge < -0.3 is 30.6 Å². The zero-order valence-corrected chi connectivity index (χ0v) is 4.90. The molecular formula is HLiMnN2O6. The monoisotopic (exact) mass is 187 g/mol. The number of hydrogen-bond donors (Lipinski definition) is 0. The Kier molecular flexibility index (Phi) is 35.9. The van der Waals surface area contributed by atoms with E-state index in [1.54, 1.807) is 0 Å². The van der Waals surface area contributed by atoms with E-state index in [9.17, 15) is 0 Å². The number of nitrogens with zero attached hydrogens (tertiary/aromatic N) is 2. The second-order valence-corrected chi connectivity index (χ2v) is 0.447. The van der Waals surface area contributed by atoms with Crippen LogP contribution in [0.1, 0.15) is 0 Å². The molecular weight excluding hydrogens is 186 g/mol. The minimum atomic E-state index is -1.75. The van der Waals surface area contributed by atoms with Crippen molar-refractivity contribution in [1.29, 1.82) is 0 Å². The fourth-order valence-electron chi connectivity index (χ4n) is 0. The smallest absolute Gasteiger partial charge is 2.00 e. The quantitative estimate of drug-likeness (QED) is 0.267. The van der Waals surface area contributed by atoms with E-state index >= 15 is 0 Å². The van der Waals surface area contributed by atoms with Crippen LogP contribution >= 0.6 is 0 Å². The Morgan fingerprint density at radius 3 is 0.800 bits per heavy atom. The molecule has 8 nitrogen and oxygen atoms in total. The van der Waals surface area contributed by atoms with Gasteiger partial charge in [-0.25, -0.2) is 0 Å². The number of rotatable bonds is 0. The molecule has 1 radical (unpaired) electrons. The van der Waals surface area contributed by atoms with Crippen molar-refractivity contribution in [2.24, 2.45) is 0 Å². The van der Waals surface area contributed by atoms with E-state index in [4.69, 9.17) is 30.6 Å². The molecule has 0 heterocycles. The Morgan fingerprint density at radius 1 is 0.800 bits per heavy atom. The van der Waals surface area contributed by atoms with Gasteiger partial charge in [-0.1, -0.05) is 0 Å². The molecule has 0 fully saturated rings. The maximum absolute atomic E-state index is 8.25.